The fourth-order valence-electron chi connectivity index (χ4n) is 2.01. The van der Waals surface area contributed by atoms with E-state index in [0.717, 1.165) is 0 Å². The maximum absolute atomic E-state index is 2.35. The van der Waals surface area contributed by atoms with E-state index >= 15 is 0 Å². The minimum absolute atomic E-state index is 0. The largest absolute Gasteiger partial charge is 1.00 e. The highest BCUT2D eigenvalue weighted by Gasteiger charge is 2.00. The SMILES string of the molecule is CCCCCCC[NH+](C)CCCCCC.[I-]. The standard InChI is InChI=1S/C14H31N.HI/c1-4-6-8-10-12-14-15(3)13-11-9-7-5-2;/h4-14H2,1-3H3;1H. The first-order valence-corrected chi connectivity index (χ1v) is 7.12. The summed E-state index contributed by atoms with van der Waals surface area (Å²) in [6.45, 7) is 7.33. The molecule has 0 fully saturated rings. The van der Waals surface area contributed by atoms with Gasteiger partial charge in [-0.15, -0.1) is 0 Å². The Hall–Kier alpha value is 0.690. The van der Waals surface area contributed by atoms with Crippen LogP contribution < -0.4 is 28.9 Å². The smallest absolute Gasteiger partial charge is 0.0768 e. The molecule has 0 bridgehead atoms. The Balaban J connectivity index is 0. The third-order valence-electron chi connectivity index (χ3n) is 3.16. The molecule has 2 heteroatoms. The van der Waals surface area contributed by atoms with Crippen LogP contribution in [0.4, 0.5) is 0 Å². The Morgan fingerprint density at radius 2 is 1.00 bits per heavy atom. The summed E-state index contributed by atoms with van der Waals surface area (Å²) in [5.74, 6) is 0. The van der Waals surface area contributed by atoms with Crippen molar-refractivity contribution in [2.75, 3.05) is 20.1 Å². The van der Waals surface area contributed by atoms with Crippen molar-refractivity contribution in [3.63, 3.8) is 0 Å². The minimum Gasteiger partial charge on any atom is -1.00 e. The maximum Gasteiger partial charge on any atom is 0.0768 e. The molecule has 0 aliphatic rings. The summed E-state index contributed by atoms with van der Waals surface area (Å²) < 4.78 is 0. The van der Waals surface area contributed by atoms with Crippen LogP contribution in [-0.2, 0) is 0 Å². The van der Waals surface area contributed by atoms with Gasteiger partial charge in [0.15, 0.2) is 0 Å². The Labute approximate surface area is 120 Å². The number of hydrogen-bond acceptors (Lipinski definition) is 0. The highest BCUT2D eigenvalue weighted by atomic mass is 127. The van der Waals surface area contributed by atoms with Gasteiger partial charge in [-0.05, 0) is 25.7 Å². The predicted molar refractivity (Wildman–Crippen MR) is 69.5 cm³/mol. The molecule has 1 atom stereocenters. The normalized spacial score (nSPS) is 12.2. The highest BCUT2D eigenvalue weighted by Crippen LogP contribution is 2.00. The van der Waals surface area contributed by atoms with Crippen LogP contribution in [0.1, 0.15) is 71.6 Å². The van der Waals surface area contributed by atoms with Crippen LogP contribution in [0.15, 0.2) is 0 Å². The van der Waals surface area contributed by atoms with Crippen LogP contribution >= 0.6 is 0 Å². The van der Waals surface area contributed by atoms with Gasteiger partial charge in [-0.2, -0.15) is 0 Å². The zero-order valence-corrected chi connectivity index (χ0v) is 13.8. The first-order chi connectivity index (χ1) is 7.31. The quantitative estimate of drug-likeness (QED) is 0.400. The fraction of sp³-hybridized carbons (Fsp3) is 1.00. The molecule has 0 aromatic heterocycles. The van der Waals surface area contributed by atoms with Gasteiger partial charge in [0.25, 0.3) is 0 Å². The molecule has 0 aliphatic carbocycles. The Bertz CT molecular complexity index is 117. The van der Waals surface area contributed by atoms with Gasteiger partial charge in [0.05, 0.1) is 20.1 Å². The molecule has 1 N–H and O–H groups in total. The average molecular weight is 341 g/mol. The topological polar surface area (TPSA) is 4.44 Å². The number of hydrogen-bond donors (Lipinski definition) is 1. The van der Waals surface area contributed by atoms with E-state index in [-0.39, 0.29) is 24.0 Å². The summed E-state index contributed by atoms with van der Waals surface area (Å²) in [7, 11) is 2.35. The molecule has 0 radical (unpaired) electrons. The minimum atomic E-state index is 0. The summed E-state index contributed by atoms with van der Waals surface area (Å²) in [5.41, 5.74) is 0. The van der Waals surface area contributed by atoms with Crippen molar-refractivity contribution >= 4 is 0 Å². The van der Waals surface area contributed by atoms with Crippen LogP contribution in [0.5, 0.6) is 0 Å². The molecule has 0 rings (SSSR count). The molecular weight excluding hydrogens is 309 g/mol. The lowest BCUT2D eigenvalue weighted by Gasteiger charge is -2.13. The van der Waals surface area contributed by atoms with Gasteiger partial charge in [0.1, 0.15) is 0 Å². The molecule has 0 heterocycles. The molecule has 100 valence electrons. The average Bonchev–Trinajstić information content (AvgIpc) is 2.24. The van der Waals surface area contributed by atoms with E-state index in [2.05, 4.69) is 20.9 Å². The molecule has 0 amide bonds. The summed E-state index contributed by atoms with van der Waals surface area (Å²) >= 11 is 0. The lowest BCUT2D eigenvalue weighted by atomic mass is 10.1. The number of rotatable bonds is 11. The molecule has 0 aromatic carbocycles. The van der Waals surface area contributed by atoms with Gasteiger partial charge >= 0.3 is 0 Å². The second kappa shape index (κ2) is 15.7. The van der Waals surface area contributed by atoms with E-state index in [0.29, 0.717) is 0 Å². The van der Waals surface area contributed by atoms with Gasteiger partial charge in [-0.3, -0.25) is 0 Å². The van der Waals surface area contributed by atoms with Gasteiger partial charge in [-0.25, -0.2) is 0 Å². The zero-order chi connectivity index (χ0) is 11.4. The predicted octanol–water partition coefficient (Wildman–Crippen LogP) is 0.0558. The molecular formula is C14H32IN. The third-order valence-corrected chi connectivity index (χ3v) is 3.16. The monoisotopic (exact) mass is 341 g/mol. The van der Waals surface area contributed by atoms with Crippen molar-refractivity contribution in [1.29, 1.82) is 0 Å². The van der Waals surface area contributed by atoms with Crippen molar-refractivity contribution in [3.05, 3.63) is 0 Å². The van der Waals surface area contributed by atoms with E-state index in [9.17, 15) is 0 Å². The van der Waals surface area contributed by atoms with Gasteiger partial charge in [0.2, 0.25) is 0 Å². The number of unbranched alkanes of at least 4 members (excludes halogenated alkanes) is 7. The summed E-state index contributed by atoms with van der Waals surface area (Å²) in [6, 6.07) is 0. The van der Waals surface area contributed by atoms with Gasteiger partial charge in [-0.1, -0.05) is 46.0 Å². The van der Waals surface area contributed by atoms with Crippen molar-refractivity contribution in [3.8, 4) is 0 Å². The Morgan fingerprint density at radius 3 is 1.44 bits per heavy atom. The molecule has 0 aromatic rings. The summed E-state index contributed by atoms with van der Waals surface area (Å²) in [5, 5.41) is 0. The number of halogens is 1. The highest BCUT2D eigenvalue weighted by molar-refractivity contribution is 4.41. The molecule has 0 spiro atoms. The van der Waals surface area contributed by atoms with Crippen molar-refractivity contribution in [2.24, 2.45) is 0 Å². The first-order valence-electron chi connectivity index (χ1n) is 7.12. The van der Waals surface area contributed by atoms with Crippen LogP contribution in [0.25, 0.3) is 0 Å². The van der Waals surface area contributed by atoms with Crippen LogP contribution in [0.2, 0.25) is 0 Å². The first kappa shape index (κ1) is 19.0. The van der Waals surface area contributed by atoms with E-state index in [1.807, 2.05) is 0 Å². The lowest BCUT2D eigenvalue weighted by Crippen LogP contribution is -3.09. The van der Waals surface area contributed by atoms with E-state index in [4.69, 9.17) is 0 Å². The number of quaternary nitrogens is 1. The Kier molecular flexibility index (Phi) is 18.7. The van der Waals surface area contributed by atoms with Crippen LogP contribution in [0.3, 0.4) is 0 Å². The van der Waals surface area contributed by atoms with Crippen LogP contribution in [-0.4, -0.2) is 20.1 Å². The molecule has 16 heavy (non-hydrogen) atoms. The molecule has 1 unspecified atom stereocenters. The lowest BCUT2D eigenvalue weighted by molar-refractivity contribution is -0.880. The van der Waals surface area contributed by atoms with Gasteiger partial charge < -0.3 is 28.9 Å². The summed E-state index contributed by atoms with van der Waals surface area (Å²) in [4.78, 5) is 1.74. The second-order valence-electron chi connectivity index (χ2n) is 4.93. The summed E-state index contributed by atoms with van der Waals surface area (Å²) in [6.07, 6.45) is 12.7. The molecule has 0 saturated heterocycles. The van der Waals surface area contributed by atoms with E-state index in [1.54, 1.807) is 4.90 Å². The zero-order valence-electron chi connectivity index (χ0n) is 11.7. The van der Waals surface area contributed by atoms with E-state index in [1.165, 1.54) is 70.9 Å². The van der Waals surface area contributed by atoms with Crippen molar-refractivity contribution in [1.82, 2.24) is 0 Å². The van der Waals surface area contributed by atoms with Crippen molar-refractivity contribution in [2.45, 2.75) is 71.6 Å². The molecule has 0 saturated carbocycles. The second-order valence-corrected chi connectivity index (χ2v) is 4.93. The van der Waals surface area contributed by atoms with Crippen molar-refractivity contribution < 1.29 is 28.9 Å². The van der Waals surface area contributed by atoms with Gasteiger partial charge in [0, 0.05) is 0 Å². The Morgan fingerprint density at radius 1 is 0.625 bits per heavy atom. The maximum atomic E-state index is 2.35. The molecule has 0 aliphatic heterocycles. The fourth-order valence-corrected chi connectivity index (χ4v) is 2.01. The molecule has 1 nitrogen and oxygen atoms in total. The van der Waals surface area contributed by atoms with Crippen LogP contribution in [0, 0.1) is 0 Å². The number of nitrogens with one attached hydrogen (secondary N) is 1. The third kappa shape index (κ3) is 14.7. The van der Waals surface area contributed by atoms with E-state index < -0.39 is 0 Å².